The van der Waals surface area contributed by atoms with Gasteiger partial charge in [0.15, 0.2) is 0 Å². The van der Waals surface area contributed by atoms with Gasteiger partial charge >= 0.3 is 0 Å². The minimum absolute atomic E-state index is 0.252. The van der Waals surface area contributed by atoms with Crippen molar-refractivity contribution in [3.05, 3.63) is 0 Å². The molecule has 1 unspecified atom stereocenters. The quantitative estimate of drug-likeness (QED) is 0.573. The van der Waals surface area contributed by atoms with Crippen molar-refractivity contribution in [1.29, 1.82) is 0 Å². The average Bonchev–Trinajstić information content (AvgIpc) is 2.93. The molecule has 0 aliphatic heterocycles. The van der Waals surface area contributed by atoms with E-state index in [4.69, 9.17) is 10.5 Å². The first-order valence-electron chi connectivity index (χ1n) is 8.21. The number of amides is 1. The molecule has 20 heavy (non-hydrogen) atoms. The first kappa shape index (κ1) is 17.4. The number of nitrogens with two attached hydrogens (primary N) is 1. The Bertz CT molecular complexity index is 278. The second kappa shape index (κ2) is 9.35. The van der Waals surface area contributed by atoms with Gasteiger partial charge in [-0.25, -0.2) is 0 Å². The first-order chi connectivity index (χ1) is 9.58. The standard InChI is InChI=1S/C16H32N2O2/c1-3-11-18-16(2,15(17)19)10-6-7-12-20-13-14-8-4-5-9-14/h14,18H,3-13H2,1-2H3,(H2,17,19). The van der Waals surface area contributed by atoms with Crippen LogP contribution in [0.25, 0.3) is 0 Å². The highest BCUT2D eigenvalue weighted by atomic mass is 16.5. The fourth-order valence-electron chi connectivity index (χ4n) is 2.81. The van der Waals surface area contributed by atoms with E-state index in [1.54, 1.807) is 0 Å². The highest BCUT2D eigenvalue weighted by Gasteiger charge is 2.29. The van der Waals surface area contributed by atoms with Gasteiger partial charge in [-0.2, -0.15) is 0 Å². The molecule has 0 bridgehead atoms. The zero-order valence-corrected chi connectivity index (χ0v) is 13.2. The summed E-state index contributed by atoms with van der Waals surface area (Å²) in [5, 5.41) is 3.27. The molecule has 1 amide bonds. The molecule has 1 saturated carbocycles. The smallest absolute Gasteiger partial charge is 0.237 e. The lowest BCUT2D eigenvalue weighted by molar-refractivity contribution is -0.124. The van der Waals surface area contributed by atoms with Crippen molar-refractivity contribution >= 4 is 5.91 Å². The van der Waals surface area contributed by atoms with Crippen molar-refractivity contribution in [2.75, 3.05) is 19.8 Å². The van der Waals surface area contributed by atoms with Crippen LogP contribution in [0.3, 0.4) is 0 Å². The Morgan fingerprint density at radius 2 is 2.05 bits per heavy atom. The second-order valence-corrected chi connectivity index (χ2v) is 6.31. The number of hydrogen-bond donors (Lipinski definition) is 2. The van der Waals surface area contributed by atoms with Crippen molar-refractivity contribution in [1.82, 2.24) is 5.32 Å². The predicted octanol–water partition coefficient (Wildman–Crippen LogP) is 2.61. The molecule has 3 N–H and O–H groups in total. The summed E-state index contributed by atoms with van der Waals surface area (Å²) in [5.41, 5.74) is 4.93. The highest BCUT2D eigenvalue weighted by molar-refractivity contribution is 5.84. The van der Waals surface area contributed by atoms with Crippen LogP contribution < -0.4 is 11.1 Å². The topological polar surface area (TPSA) is 64.3 Å². The van der Waals surface area contributed by atoms with Gasteiger partial charge in [-0.3, -0.25) is 4.79 Å². The summed E-state index contributed by atoms with van der Waals surface area (Å²) in [4.78, 5) is 11.5. The first-order valence-corrected chi connectivity index (χ1v) is 8.21. The van der Waals surface area contributed by atoms with E-state index in [1.807, 2.05) is 6.92 Å². The van der Waals surface area contributed by atoms with Gasteiger partial charge in [0.2, 0.25) is 5.91 Å². The van der Waals surface area contributed by atoms with E-state index in [0.717, 1.165) is 51.4 Å². The molecule has 0 aromatic carbocycles. The van der Waals surface area contributed by atoms with Crippen LogP contribution >= 0.6 is 0 Å². The van der Waals surface area contributed by atoms with Crippen LogP contribution in [0.1, 0.15) is 65.2 Å². The summed E-state index contributed by atoms with van der Waals surface area (Å²) in [6, 6.07) is 0. The largest absolute Gasteiger partial charge is 0.381 e. The van der Waals surface area contributed by atoms with E-state index >= 15 is 0 Å². The van der Waals surface area contributed by atoms with Crippen LogP contribution in [0.15, 0.2) is 0 Å². The molecule has 1 atom stereocenters. The Hall–Kier alpha value is -0.610. The summed E-state index contributed by atoms with van der Waals surface area (Å²) < 4.78 is 5.74. The van der Waals surface area contributed by atoms with Crippen LogP contribution in [-0.4, -0.2) is 31.2 Å². The number of carbonyl (C=O) groups is 1. The molecule has 0 radical (unpaired) electrons. The minimum atomic E-state index is -0.568. The zero-order chi connectivity index (χ0) is 14.8. The Morgan fingerprint density at radius 1 is 1.35 bits per heavy atom. The van der Waals surface area contributed by atoms with E-state index in [1.165, 1.54) is 25.7 Å². The summed E-state index contributed by atoms with van der Waals surface area (Å²) in [6.45, 7) is 6.55. The SMILES string of the molecule is CCCNC(C)(CCCCOCC1CCCC1)C(N)=O. The van der Waals surface area contributed by atoms with E-state index in [9.17, 15) is 4.79 Å². The Balaban J connectivity index is 2.09. The highest BCUT2D eigenvalue weighted by Crippen LogP contribution is 2.24. The third-order valence-electron chi connectivity index (χ3n) is 4.35. The average molecular weight is 284 g/mol. The maximum absolute atomic E-state index is 11.5. The zero-order valence-electron chi connectivity index (χ0n) is 13.2. The maximum atomic E-state index is 11.5. The van der Waals surface area contributed by atoms with Gasteiger partial charge in [0, 0.05) is 13.2 Å². The van der Waals surface area contributed by atoms with Crippen LogP contribution in [-0.2, 0) is 9.53 Å². The molecule has 0 aromatic rings. The number of nitrogens with one attached hydrogen (secondary N) is 1. The lowest BCUT2D eigenvalue weighted by atomic mass is 9.94. The third-order valence-corrected chi connectivity index (χ3v) is 4.35. The summed E-state index contributed by atoms with van der Waals surface area (Å²) in [7, 11) is 0. The van der Waals surface area contributed by atoms with Gasteiger partial charge < -0.3 is 15.8 Å². The van der Waals surface area contributed by atoms with Gasteiger partial charge in [0.05, 0.1) is 5.54 Å². The molecular formula is C16H32N2O2. The fourth-order valence-corrected chi connectivity index (χ4v) is 2.81. The van der Waals surface area contributed by atoms with Gasteiger partial charge in [-0.1, -0.05) is 19.8 Å². The van der Waals surface area contributed by atoms with Crippen LogP contribution in [0.5, 0.6) is 0 Å². The van der Waals surface area contributed by atoms with E-state index in [0.29, 0.717) is 0 Å². The van der Waals surface area contributed by atoms with Crippen LogP contribution in [0.4, 0.5) is 0 Å². The van der Waals surface area contributed by atoms with E-state index in [2.05, 4.69) is 12.2 Å². The van der Waals surface area contributed by atoms with Crippen molar-refractivity contribution in [3.63, 3.8) is 0 Å². The lowest BCUT2D eigenvalue weighted by Crippen LogP contribution is -2.53. The van der Waals surface area contributed by atoms with Crippen molar-refractivity contribution in [2.45, 2.75) is 70.8 Å². The Labute approximate surface area is 123 Å². The van der Waals surface area contributed by atoms with Crippen molar-refractivity contribution < 1.29 is 9.53 Å². The molecule has 0 saturated heterocycles. The molecule has 4 heteroatoms. The van der Waals surface area contributed by atoms with E-state index < -0.39 is 5.54 Å². The van der Waals surface area contributed by atoms with Crippen molar-refractivity contribution in [2.24, 2.45) is 11.7 Å². The summed E-state index contributed by atoms with van der Waals surface area (Å²) in [6.07, 6.45) is 9.18. The second-order valence-electron chi connectivity index (χ2n) is 6.31. The summed E-state index contributed by atoms with van der Waals surface area (Å²) in [5.74, 6) is 0.537. The Morgan fingerprint density at radius 3 is 2.65 bits per heavy atom. The minimum Gasteiger partial charge on any atom is -0.381 e. The number of hydrogen-bond acceptors (Lipinski definition) is 3. The van der Waals surface area contributed by atoms with Gasteiger partial charge in [-0.05, 0) is 57.9 Å². The van der Waals surface area contributed by atoms with Crippen LogP contribution in [0, 0.1) is 5.92 Å². The molecule has 1 aliphatic rings. The molecule has 0 heterocycles. The predicted molar refractivity (Wildman–Crippen MR) is 82.5 cm³/mol. The van der Waals surface area contributed by atoms with E-state index in [-0.39, 0.29) is 5.91 Å². The summed E-state index contributed by atoms with van der Waals surface area (Å²) >= 11 is 0. The Kier molecular flexibility index (Phi) is 8.15. The number of rotatable bonds is 11. The number of primary amides is 1. The number of ether oxygens (including phenoxy) is 1. The molecule has 118 valence electrons. The molecule has 4 nitrogen and oxygen atoms in total. The molecule has 0 aromatic heterocycles. The number of carbonyl (C=O) groups excluding carboxylic acids is 1. The van der Waals surface area contributed by atoms with Crippen molar-refractivity contribution in [3.8, 4) is 0 Å². The maximum Gasteiger partial charge on any atom is 0.237 e. The molecule has 1 fully saturated rings. The van der Waals surface area contributed by atoms with Gasteiger partial charge in [-0.15, -0.1) is 0 Å². The molecule has 0 spiro atoms. The number of unbranched alkanes of at least 4 members (excludes halogenated alkanes) is 1. The van der Waals surface area contributed by atoms with Crippen LogP contribution in [0.2, 0.25) is 0 Å². The normalized spacial score (nSPS) is 19.1. The fraction of sp³-hybridized carbons (Fsp3) is 0.938. The lowest BCUT2D eigenvalue weighted by Gasteiger charge is -2.27. The third kappa shape index (κ3) is 6.23. The van der Waals surface area contributed by atoms with Gasteiger partial charge in [0.25, 0.3) is 0 Å². The molecule has 1 aliphatic carbocycles. The molecule has 1 rings (SSSR count). The molecular weight excluding hydrogens is 252 g/mol. The monoisotopic (exact) mass is 284 g/mol. The van der Waals surface area contributed by atoms with Gasteiger partial charge in [0.1, 0.15) is 0 Å².